The van der Waals surface area contributed by atoms with E-state index < -0.39 is 11.4 Å². The van der Waals surface area contributed by atoms with Gasteiger partial charge in [0.2, 0.25) is 5.95 Å². The molecule has 5 N–H and O–H groups in total. The number of anilines is 1. The van der Waals surface area contributed by atoms with Crippen LogP contribution >= 0.6 is 0 Å². The molecule has 0 saturated heterocycles. The zero-order chi connectivity index (χ0) is 30.3. The van der Waals surface area contributed by atoms with Crippen molar-refractivity contribution in [2.45, 2.75) is 57.5 Å². The number of nitrogens with two attached hydrogens (primary N) is 2. The van der Waals surface area contributed by atoms with E-state index in [-0.39, 0.29) is 5.56 Å². The Morgan fingerprint density at radius 3 is 2.40 bits per heavy atom. The Kier molecular flexibility index (Phi) is 7.49. The van der Waals surface area contributed by atoms with Crippen LogP contribution in [0.5, 0.6) is 0 Å². The largest absolute Gasteiger partial charge is 0.439 e. The van der Waals surface area contributed by atoms with Crippen LogP contribution in [-0.4, -0.2) is 39.4 Å². The standard InChI is InChI=1S/C33H37N7O3/c1-4-7-28-27(16-20-10-12-21(13-11-20)25-8-5-6-9-26(25)29-37-32(42)43-38-29)30(41)40(31(36-28)39(2)3)24-15-14-22-18-33(34,35)19-23(22)17-24/h8-15,17H,4-7,16,18-19,34-35H2,1-3H3,(H,37,38,42). The number of aromatic amines is 1. The van der Waals surface area contributed by atoms with E-state index in [1.54, 1.807) is 4.57 Å². The summed E-state index contributed by atoms with van der Waals surface area (Å²) < 4.78 is 6.45. The number of nitrogens with zero attached hydrogens (tertiary/aromatic N) is 4. The lowest BCUT2D eigenvalue weighted by Crippen LogP contribution is -2.50. The number of fused-ring (bicyclic) bond motifs is 1. The van der Waals surface area contributed by atoms with Gasteiger partial charge in [0.15, 0.2) is 5.82 Å². The predicted molar refractivity (Wildman–Crippen MR) is 168 cm³/mol. The summed E-state index contributed by atoms with van der Waals surface area (Å²) >= 11 is 0. The van der Waals surface area contributed by atoms with Gasteiger partial charge in [-0.05, 0) is 59.2 Å². The summed E-state index contributed by atoms with van der Waals surface area (Å²) in [6.45, 7) is 2.10. The smallest absolute Gasteiger partial charge is 0.348 e. The fourth-order valence-electron chi connectivity index (χ4n) is 6.13. The van der Waals surface area contributed by atoms with Gasteiger partial charge in [0.05, 0.1) is 17.0 Å². The highest BCUT2D eigenvalue weighted by atomic mass is 16.5. The first-order chi connectivity index (χ1) is 20.6. The molecule has 2 aromatic heterocycles. The molecule has 222 valence electrons. The Morgan fingerprint density at radius 1 is 1.00 bits per heavy atom. The molecule has 4 aromatic rings. The average molecular weight is 580 g/mol. The van der Waals surface area contributed by atoms with Gasteiger partial charge in [0.1, 0.15) is 0 Å². The molecule has 10 nitrogen and oxygen atoms in total. The number of benzene rings is 2. The monoisotopic (exact) mass is 579 g/mol. The second-order valence-corrected chi connectivity index (χ2v) is 11.8. The van der Waals surface area contributed by atoms with Gasteiger partial charge >= 0.3 is 5.76 Å². The van der Waals surface area contributed by atoms with Crippen molar-refractivity contribution in [1.29, 1.82) is 0 Å². The lowest BCUT2D eigenvalue weighted by molar-refractivity contribution is 0.385. The molecule has 0 spiro atoms. The van der Waals surface area contributed by atoms with Crippen molar-refractivity contribution in [3.05, 3.63) is 115 Å². The Morgan fingerprint density at radius 2 is 1.72 bits per heavy atom. The minimum atomic E-state index is -0.770. The molecule has 43 heavy (non-hydrogen) atoms. The number of rotatable bonds is 8. The fourth-order valence-corrected chi connectivity index (χ4v) is 6.13. The molecule has 0 atom stereocenters. The molecule has 2 aromatic carbocycles. The molecule has 2 aliphatic carbocycles. The van der Waals surface area contributed by atoms with Crippen LogP contribution in [0.25, 0.3) is 16.8 Å². The quantitative estimate of drug-likeness (QED) is 0.269. The van der Waals surface area contributed by atoms with Crippen molar-refractivity contribution >= 4 is 17.1 Å². The van der Waals surface area contributed by atoms with Gasteiger partial charge < -0.3 is 16.4 Å². The van der Waals surface area contributed by atoms with Gasteiger partial charge in [0.25, 0.3) is 5.56 Å². The molecule has 10 heteroatoms. The number of H-pyrrole nitrogens is 1. The van der Waals surface area contributed by atoms with Gasteiger partial charge in [-0.15, -0.1) is 0 Å². The van der Waals surface area contributed by atoms with Gasteiger partial charge in [-0.1, -0.05) is 61.0 Å². The molecule has 0 saturated carbocycles. The van der Waals surface area contributed by atoms with E-state index >= 15 is 0 Å². The van der Waals surface area contributed by atoms with Crippen molar-refractivity contribution < 1.29 is 4.52 Å². The van der Waals surface area contributed by atoms with Gasteiger partial charge in [-0.2, -0.15) is 0 Å². The first-order valence-electron chi connectivity index (χ1n) is 14.7. The number of nitrogens with one attached hydrogen (secondary N) is 1. The minimum absolute atomic E-state index is 0.0777. The lowest BCUT2D eigenvalue weighted by Gasteiger charge is -2.22. The first kappa shape index (κ1) is 28.6. The first-order valence-corrected chi connectivity index (χ1v) is 14.7. The van der Waals surface area contributed by atoms with E-state index in [1.807, 2.05) is 61.5 Å². The van der Waals surface area contributed by atoms with E-state index in [0.717, 1.165) is 64.0 Å². The van der Waals surface area contributed by atoms with Crippen molar-refractivity contribution in [2.75, 3.05) is 19.0 Å². The number of allylic oxidation sites excluding steroid dienone is 4. The topological polar surface area (TPSA) is 149 Å². The number of aromatic nitrogens is 4. The molecule has 0 aliphatic heterocycles. The third-order valence-corrected chi connectivity index (χ3v) is 8.11. The Hall–Kier alpha value is -4.54. The summed E-state index contributed by atoms with van der Waals surface area (Å²) in [4.78, 5) is 35.5. The van der Waals surface area contributed by atoms with Crippen molar-refractivity contribution in [3.8, 4) is 5.69 Å². The summed E-state index contributed by atoms with van der Waals surface area (Å²) in [5, 5.41) is 3.89. The van der Waals surface area contributed by atoms with Crippen LogP contribution in [0.4, 0.5) is 5.95 Å². The molecule has 0 fully saturated rings. The van der Waals surface area contributed by atoms with Gasteiger partial charge in [-0.3, -0.25) is 14.3 Å². The Balaban J connectivity index is 1.37. The fraction of sp³-hybridized carbons (Fsp3) is 0.333. The Bertz CT molecular complexity index is 1860. The average Bonchev–Trinajstić information content (AvgIpc) is 3.55. The summed E-state index contributed by atoms with van der Waals surface area (Å²) in [5.74, 6) is 0.434. The highest BCUT2D eigenvalue weighted by molar-refractivity contribution is 6.03. The predicted octanol–water partition coefficient (Wildman–Crippen LogP) is 3.49. The van der Waals surface area contributed by atoms with Crippen molar-refractivity contribution in [2.24, 2.45) is 11.5 Å². The van der Waals surface area contributed by atoms with Crippen LogP contribution in [0.15, 0.2) is 68.7 Å². The number of hydrogen-bond donors (Lipinski definition) is 3. The zero-order valence-electron chi connectivity index (χ0n) is 24.8. The van der Waals surface area contributed by atoms with E-state index in [2.05, 4.69) is 29.2 Å². The second kappa shape index (κ2) is 11.3. The molecule has 6 rings (SSSR count). The van der Waals surface area contributed by atoms with Crippen LogP contribution in [-0.2, 0) is 25.7 Å². The molecule has 2 aliphatic rings. The highest BCUT2D eigenvalue weighted by Crippen LogP contribution is 2.34. The van der Waals surface area contributed by atoms with Gasteiger partial charge in [0, 0.05) is 44.5 Å². The highest BCUT2D eigenvalue weighted by Gasteiger charge is 2.30. The molecule has 0 unspecified atom stereocenters. The summed E-state index contributed by atoms with van der Waals surface area (Å²) in [5.41, 5.74) is 19.9. The maximum atomic E-state index is 14.3. The van der Waals surface area contributed by atoms with Crippen LogP contribution in [0.2, 0.25) is 0 Å². The van der Waals surface area contributed by atoms with Crippen molar-refractivity contribution in [1.82, 2.24) is 19.7 Å². The van der Waals surface area contributed by atoms with Crippen LogP contribution < -0.4 is 27.7 Å². The molecular formula is C33H37N7O3. The zero-order valence-corrected chi connectivity index (χ0v) is 24.8. The molecule has 0 amide bonds. The van der Waals surface area contributed by atoms with Crippen molar-refractivity contribution in [3.63, 3.8) is 0 Å². The minimum Gasteiger partial charge on any atom is -0.348 e. The second-order valence-electron chi connectivity index (χ2n) is 11.8. The van der Waals surface area contributed by atoms with E-state index in [1.165, 1.54) is 0 Å². The maximum absolute atomic E-state index is 14.3. The summed E-state index contributed by atoms with van der Waals surface area (Å²) in [6, 6.07) is 14.2. The van der Waals surface area contributed by atoms with E-state index in [9.17, 15) is 9.59 Å². The third kappa shape index (κ3) is 5.63. The van der Waals surface area contributed by atoms with Crippen LogP contribution in [0.1, 0.15) is 65.5 Å². The number of aryl methyl sites for hydroxylation is 1. The van der Waals surface area contributed by atoms with E-state index in [4.69, 9.17) is 21.0 Å². The Labute approximate surface area is 249 Å². The summed E-state index contributed by atoms with van der Waals surface area (Å²) in [7, 11) is 3.81. The SMILES string of the molecule is CCCc1nc(N(C)C)n(-c2ccc3c(c2)CC(N)(N)C3)c(=O)c1Cc1ccc(C2=CCCC=C2c2noc(=O)[nH]2)cc1. The molecule has 0 radical (unpaired) electrons. The van der Waals surface area contributed by atoms with Crippen LogP contribution in [0.3, 0.4) is 0 Å². The lowest BCUT2D eigenvalue weighted by atomic mass is 9.90. The number of hydrogen-bond acceptors (Lipinski definition) is 8. The van der Waals surface area contributed by atoms with Gasteiger partial charge in [-0.25, -0.2) is 14.3 Å². The molecular weight excluding hydrogens is 542 g/mol. The third-order valence-electron chi connectivity index (χ3n) is 8.11. The van der Waals surface area contributed by atoms with E-state index in [0.29, 0.717) is 43.0 Å². The van der Waals surface area contributed by atoms with Crippen LogP contribution in [0, 0.1) is 0 Å². The normalized spacial score (nSPS) is 15.7. The molecule has 2 heterocycles. The maximum Gasteiger partial charge on any atom is 0.439 e. The summed E-state index contributed by atoms with van der Waals surface area (Å²) in [6.07, 6.45) is 9.16. The molecule has 0 bridgehead atoms.